The van der Waals surface area contributed by atoms with Gasteiger partial charge in [-0.15, -0.1) is 0 Å². The molecule has 0 aliphatic carbocycles. The number of esters is 1. The second-order valence-electron chi connectivity index (χ2n) is 6.35. The van der Waals surface area contributed by atoms with Crippen LogP contribution < -0.4 is 5.32 Å². The van der Waals surface area contributed by atoms with Crippen molar-refractivity contribution in [3.8, 4) is 11.5 Å². The molecule has 25 heavy (non-hydrogen) atoms. The number of furan rings is 1. The number of nitrogens with zero attached hydrogens (tertiary/aromatic N) is 1. The van der Waals surface area contributed by atoms with Gasteiger partial charge in [-0.05, 0) is 39.3 Å². The molecule has 2 aromatic rings. The van der Waals surface area contributed by atoms with E-state index in [0.29, 0.717) is 30.2 Å². The predicted octanol–water partition coefficient (Wildman–Crippen LogP) is 3.28. The van der Waals surface area contributed by atoms with Crippen molar-refractivity contribution in [1.29, 1.82) is 0 Å². The van der Waals surface area contributed by atoms with Crippen molar-refractivity contribution in [2.24, 2.45) is 0 Å². The van der Waals surface area contributed by atoms with Crippen LogP contribution in [0.25, 0.3) is 11.5 Å². The van der Waals surface area contributed by atoms with Crippen molar-refractivity contribution >= 4 is 12.1 Å². The molecule has 2 heterocycles. The van der Waals surface area contributed by atoms with Gasteiger partial charge in [0.15, 0.2) is 5.76 Å². The van der Waals surface area contributed by atoms with Crippen LogP contribution >= 0.6 is 0 Å². The zero-order valence-corrected chi connectivity index (χ0v) is 14.5. The van der Waals surface area contributed by atoms with Gasteiger partial charge in [-0.3, -0.25) is 4.79 Å². The lowest BCUT2D eigenvalue weighted by molar-refractivity contribution is -0.145. The van der Waals surface area contributed by atoms with Crippen LogP contribution in [0.1, 0.15) is 39.3 Å². The average molecular weight is 350 g/mol. The van der Waals surface area contributed by atoms with E-state index in [-0.39, 0.29) is 19.0 Å². The zero-order chi connectivity index (χ0) is 18.3. The molecule has 0 atom stereocenters. The van der Waals surface area contributed by atoms with Gasteiger partial charge in [-0.2, -0.15) is 0 Å². The Morgan fingerprint density at radius 1 is 1.28 bits per heavy atom. The lowest BCUT2D eigenvalue weighted by atomic mass is 10.2. The predicted molar refractivity (Wildman–Crippen MR) is 87.5 cm³/mol. The fourth-order valence-corrected chi connectivity index (χ4v) is 1.88. The molecular formula is C17H22N2O6. The number of carbonyl (C=O) groups is 2. The number of hydrogen-bond donors (Lipinski definition) is 1. The van der Waals surface area contributed by atoms with Crippen molar-refractivity contribution in [2.75, 3.05) is 6.54 Å². The first-order chi connectivity index (χ1) is 11.8. The third-order valence-corrected chi connectivity index (χ3v) is 2.93. The number of hydrogen-bond acceptors (Lipinski definition) is 7. The Morgan fingerprint density at radius 3 is 2.76 bits per heavy atom. The summed E-state index contributed by atoms with van der Waals surface area (Å²) >= 11 is 0. The first-order valence-electron chi connectivity index (χ1n) is 7.95. The molecule has 2 rings (SSSR count). The summed E-state index contributed by atoms with van der Waals surface area (Å²) in [6.45, 7) is 5.70. The Kier molecular flexibility index (Phi) is 6.21. The zero-order valence-electron chi connectivity index (χ0n) is 14.5. The van der Waals surface area contributed by atoms with Crippen molar-refractivity contribution < 1.29 is 28.0 Å². The largest absolute Gasteiger partial charge is 0.461 e. The minimum Gasteiger partial charge on any atom is -0.461 e. The van der Waals surface area contributed by atoms with Crippen LogP contribution in [0.5, 0.6) is 0 Å². The molecule has 0 spiro atoms. The fourth-order valence-electron chi connectivity index (χ4n) is 1.88. The summed E-state index contributed by atoms with van der Waals surface area (Å²) in [5.41, 5.74) is -0.0543. The fraction of sp³-hybridized carbons (Fsp3) is 0.471. The summed E-state index contributed by atoms with van der Waals surface area (Å²) in [6.07, 6.45) is 1.66. The summed E-state index contributed by atoms with van der Waals surface area (Å²) in [6, 6.07) is 5.13. The third-order valence-electron chi connectivity index (χ3n) is 2.93. The average Bonchev–Trinajstić information content (AvgIpc) is 3.18. The van der Waals surface area contributed by atoms with E-state index in [2.05, 4.69) is 10.5 Å². The highest BCUT2D eigenvalue weighted by Crippen LogP contribution is 2.20. The minimum atomic E-state index is -0.547. The molecule has 0 saturated carbocycles. The van der Waals surface area contributed by atoms with Crippen LogP contribution in [-0.4, -0.2) is 29.4 Å². The number of amides is 1. The van der Waals surface area contributed by atoms with E-state index in [1.807, 2.05) is 0 Å². The highest BCUT2D eigenvalue weighted by Gasteiger charge is 2.16. The molecule has 1 N–H and O–H groups in total. The van der Waals surface area contributed by atoms with Gasteiger partial charge < -0.3 is 23.7 Å². The van der Waals surface area contributed by atoms with Gasteiger partial charge in [0.25, 0.3) is 0 Å². The second-order valence-corrected chi connectivity index (χ2v) is 6.35. The van der Waals surface area contributed by atoms with E-state index in [1.54, 1.807) is 39.0 Å². The summed E-state index contributed by atoms with van der Waals surface area (Å²) < 4.78 is 20.5. The maximum atomic E-state index is 11.7. The van der Waals surface area contributed by atoms with Crippen LogP contribution in [0.15, 0.2) is 33.4 Å². The molecule has 0 bridgehead atoms. The minimum absolute atomic E-state index is 0.0164. The summed E-state index contributed by atoms with van der Waals surface area (Å²) in [5, 5.41) is 6.39. The van der Waals surface area contributed by atoms with E-state index in [0.717, 1.165) is 0 Å². The van der Waals surface area contributed by atoms with Crippen molar-refractivity contribution in [2.45, 2.75) is 45.8 Å². The smallest absolute Gasteiger partial charge is 0.407 e. The Hall–Kier alpha value is -2.77. The Labute approximate surface area is 145 Å². The number of alkyl carbamates (subject to hydrolysis) is 1. The van der Waals surface area contributed by atoms with Crippen LogP contribution in [0, 0.1) is 0 Å². The summed E-state index contributed by atoms with van der Waals surface area (Å²) in [5.74, 6) is 0.643. The number of ether oxygens (including phenoxy) is 2. The Morgan fingerprint density at radius 2 is 2.08 bits per heavy atom. The van der Waals surface area contributed by atoms with Gasteiger partial charge in [-0.25, -0.2) is 4.79 Å². The normalized spacial score (nSPS) is 11.2. The molecule has 0 saturated heterocycles. The van der Waals surface area contributed by atoms with Gasteiger partial charge in [0.1, 0.15) is 17.9 Å². The Balaban J connectivity index is 1.62. The van der Waals surface area contributed by atoms with Crippen molar-refractivity contribution in [3.05, 3.63) is 30.2 Å². The lowest BCUT2D eigenvalue weighted by Crippen LogP contribution is -2.33. The number of carbonyl (C=O) groups excluding carboxylic acids is 2. The molecule has 0 aromatic carbocycles. The first-order valence-corrected chi connectivity index (χ1v) is 7.95. The molecule has 136 valence electrons. The summed E-state index contributed by atoms with van der Waals surface area (Å²) in [7, 11) is 0. The van der Waals surface area contributed by atoms with Crippen molar-refractivity contribution in [3.63, 3.8) is 0 Å². The number of rotatable bonds is 7. The van der Waals surface area contributed by atoms with Crippen molar-refractivity contribution in [1.82, 2.24) is 10.5 Å². The highest BCUT2D eigenvalue weighted by molar-refractivity contribution is 5.70. The highest BCUT2D eigenvalue weighted by atomic mass is 16.6. The number of aromatic nitrogens is 1. The van der Waals surface area contributed by atoms with Crippen LogP contribution in [-0.2, 0) is 20.9 Å². The first kappa shape index (κ1) is 18.6. The lowest BCUT2D eigenvalue weighted by Gasteiger charge is -2.19. The molecule has 8 nitrogen and oxygen atoms in total. The monoisotopic (exact) mass is 350 g/mol. The SMILES string of the molecule is CC(C)(C)OC(=O)NCCCC(=O)OCc1cc(-c2ccco2)on1. The van der Waals surface area contributed by atoms with Crippen LogP contribution in [0.3, 0.4) is 0 Å². The van der Waals surface area contributed by atoms with Crippen LogP contribution in [0.4, 0.5) is 4.79 Å². The van der Waals surface area contributed by atoms with E-state index in [1.165, 1.54) is 6.26 Å². The maximum absolute atomic E-state index is 11.7. The van der Waals surface area contributed by atoms with Gasteiger partial charge in [0, 0.05) is 19.0 Å². The van der Waals surface area contributed by atoms with E-state index in [9.17, 15) is 9.59 Å². The van der Waals surface area contributed by atoms with E-state index in [4.69, 9.17) is 18.4 Å². The van der Waals surface area contributed by atoms with Crippen LogP contribution in [0.2, 0.25) is 0 Å². The van der Waals surface area contributed by atoms with Gasteiger partial charge in [-0.1, -0.05) is 5.16 Å². The molecule has 0 radical (unpaired) electrons. The quantitative estimate of drug-likeness (QED) is 0.603. The Bertz CT molecular complexity index is 684. The maximum Gasteiger partial charge on any atom is 0.407 e. The standard InChI is InChI=1S/C17H22N2O6/c1-17(2,3)24-16(21)18-8-4-7-15(20)23-11-12-10-14(25-19-12)13-6-5-9-22-13/h5-6,9-10H,4,7-8,11H2,1-3H3,(H,18,21). The molecule has 0 unspecified atom stereocenters. The second kappa shape index (κ2) is 8.36. The molecule has 8 heteroatoms. The number of nitrogens with one attached hydrogen (secondary N) is 1. The molecular weight excluding hydrogens is 328 g/mol. The van der Waals surface area contributed by atoms with Gasteiger partial charge in [0.2, 0.25) is 5.76 Å². The molecule has 0 fully saturated rings. The van der Waals surface area contributed by atoms with E-state index >= 15 is 0 Å². The van der Waals surface area contributed by atoms with Gasteiger partial charge >= 0.3 is 12.1 Å². The summed E-state index contributed by atoms with van der Waals surface area (Å²) in [4.78, 5) is 23.1. The topological polar surface area (TPSA) is 104 Å². The van der Waals surface area contributed by atoms with Gasteiger partial charge in [0.05, 0.1) is 6.26 Å². The molecule has 1 amide bonds. The van der Waals surface area contributed by atoms with E-state index < -0.39 is 11.7 Å². The molecule has 0 aliphatic rings. The molecule has 2 aromatic heterocycles. The molecule has 0 aliphatic heterocycles. The third kappa shape index (κ3) is 6.70.